The molecule has 1 amide bonds. The Morgan fingerprint density at radius 3 is 2.36 bits per heavy atom. The molecule has 1 aromatic heterocycles. The van der Waals surface area contributed by atoms with E-state index in [2.05, 4.69) is 76.0 Å². The fourth-order valence-electron chi connectivity index (χ4n) is 4.03. The number of para-hydroxylation sites is 1. The minimum atomic E-state index is 0.113. The van der Waals surface area contributed by atoms with Crippen LogP contribution >= 0.6 is 0 Å². The molecule has 0 saturated carbocycles. The van der Waals surface area contributed by atoms with Crippen molar-refractivity contribution in [3.8, 4) is 0 Å². The number of carbonyl (C=O) groups is 1. The van der Waals surface area contributed by atoms with Crippen molar-refractivity contribution in [2.24, 2.45) is 0 Å². The zero-order chi connectivity index (χ0) is 23.0. The topological polar surface area (TPSA) is 51.4 Å². The third-order valence-electron chi connectivity index (χ3n) is 5.95. The monoisotopic (exact) mass is 440 g/mol. The number of carbonyl (C=O) groups excluding carboxylic acids is 1. The Bertz CT molecular complexity index is 1170. The van der Waals surface area contributed by atoms with Gasteiger partial charge >= 0.3 is 0 Å². The molecule has 0 aliphatic heterocycles. The highest BCUT2D eigenvalue weighted by molar-refractivity contribution is 5.83. The Labute approximate surface area is 196 Å². The molecule has 0 unspecified atom stereocenters. The van der Waals surface area contributed by atoms with Crippen LogP contribution < -0.4 is 10.2 Å². The first-order chi connectivity index (χ1) is 16.1. The van der Waals surface area contributed by atoms with Gasteiger partial charge in [0.25, 0.3) is 0 Å². The second-order valence-electron chi connectivity index (χ2n) is 8.57. The molecule has 0 fully saturated rings. The Kier molecular flexibility index (Phi) is 7.43. The highest BCUT2D eigenvalue weighted by Crippen LogP contribution is 2.19. The Morgan fingerprint density at radius 2 is 1.61 bits per heavy atom. The smallest absolute Gasteiger partial charge is 0.236 e. The van der Waals surface area contributed by atoms with Gasteiger partial charge in [0.15, 0.2) is 0 Å². The van der Waals surface area contributed by atoms with Crippen molar-refractivity contribution in [2.45, 2.75) is 19.5 Å². The molecule has 1 heterocycles. The highest BCUT2D eigenvalue weighted by atomic mass is 16.2. The van der Waals surface area contributed by atoms with Gasteiger partial charge in [-0.25, -0.2) is 0 Å². The van der Waals surface area contributed by atoms with Crippen LogP contribution in [0, 0.1) is 0 Å². The van der Waals surface area contributed by atoms with E-state index in [1.807, 2.05) is 43.3 Å². The van der Waals surface area contributed by atoms with Crippen molar-refractivity contribution in [1.82, 2.24) is 15.2 Å². The number of hydrogen-bond donors (Lipinski definition) is 2. The Balaban J connectivity index is 1.43. The fraction of sp³-hybridized carbons (Fsp3) is 0.250. The molecule has 2 N–H and O–H groups in total. The molecule has 4 aromatic rings. The highest BCUT2D eigenvalue weighted by Gasteiger charge is 2.15. The first-order valence-electron chi connectivity index (χ1n) is 11.4. The summed E-state index contributed by atoms with van der Waals surface area (Å²) in [4.78, 5) is 20.6. The van der Waals surface area contributed by atoms with Gasteiger partial charge in [-0.1, -0.05) is 60.7 Å². The van der Waals surface area contributed by atoms with Crippen molar-refractivity contribution < 1.29 is 4.79 Å². The van der Waals surface area contributed by atoms with Gasteiger partial charge in [-0.05, 0) is 41.3 Å². The molecule has 3 aromatic carbocycles. The van der Waals surface area contributed by atoms with Crippen molar-refractivity contribution in [2.75, 3.05) is 32.1 Å². The van der Waals surface area contributed by atoms with Crippen LogP contribution in [0.3, 0.4) is 0 Å². The van der Waals surface area contributed by atoms with Crippen molar-refractivity contribution in [1.29, 1.82) is 0 Å². The molecule has 0 aliphatic rings. The maximum absolute atomic E-state index is 13.2. The van der Waals surface area contributed by atoms with E-state index in [0.717, 1.165) is 23.2 Å². The third kappa shape index (κ3) is 6.02. The molecule has 5 heteroatoms. The van der Waals surface area contributed by atoms with E-state index in [-0.39, 0.29) is 5.91 Å². The van der Waals surface area contributed by atoms with Gasteiger partial charge in [0, 0.05) is 56.5 Å². The molecule has 0 radical (unpaired) electrons. The molecular weight excluding hydrogens is 408 g/mol. The van der Waals surface area contributed by atoms with Crippen LogP contribution in [-0.4, -0.2) is 43.0 Å². The van der Waals surface area contributed by atoms with Crippen LogP contribution in [0.2, 0.25) is 0 Å². The van der Waals surface area contributed by atoms with Crippen LogP contribution in [0.15, 0.2) is 85.1 Å². The molecule has 4 rings (SSSR count). The summed E-state index contributed by atoms with van der Waals surface area (Å²) in [7, 11) is 4.06. The molecular formula is C28H32N4O. The van der Waals surface area contributed by atoms with Gasteiger partial charge in [0.05, 0.1) is 6.54 Å². The predicted octanol–water partition coefficient (Wildman–Crippen LogP) is 4.60. The van der Waals surface area contributed by atoms with Crippen LogP contribution in [0.4, 0.5) is 5.69 Å². The van der Waals surface area contributed by atoms with Gasteiger partial charge < -0.3 is 20.1 Å². The van der Waals surface area contributed by atoms with Crippen LogP contribution in [0.5, 0.6) is 0 Å². The molecule has 0 bridgehead atoms. The summed E-state index contributed by atoms with van der Waals surface area (Å²) in [6.07, 6.45) is 2.87. The molecule has 5 nitrogen and oxygen atoms in total. The molecule has 0 atom stereocenters. The molecule has 33 heavy (non-hydrogen) atoms. The number of rotatable bonds is 10. The number of benzene rings is 3. The summed E-state index contributed by atoms with van der Waals surface area (Å²) in [6, 6.07) is 26.9. The van der Waals surface area contributed by atoms with E-state index in [1.54, 1.807) is 0 Å². The quantitative estimate of drug-likeness (QED) is 0.379. The van der Waals surface area contributed by atoms with Crippen molar-refractivity contribution >= 4 is 22.5 Å². The second-order valence-corrected chi connectivity index (χ2v) is 8.57. The number of H-pyrrole nitrogens is 1. The zero-order valence-electron chi connectivity index (χ0n) is 19.4. The molecule has 0 spiro atoms. The van der Waals surface area contributed by atoms with Crippen molar-refractivity contribution in [3.05, 3.63) is 102 Å². The average molecular weight is 441 g/mol. The number of fused-ring (bicyclic) bond motifs is 1. The summed E-state index contributed by atoms with van der Waals surface area (Å²) >= 11 is 0. The summed E-state index contributed by atoms with van der Waals surface area (Å²) in [6.45, 7) is 2.27. The number of nitrogens with one attached hydrogen (secondary N) is 2. The largest absolute Gasteiger partial charge is 0.378 e. The summed E-state index contributed by atoms with van der Waals surface area (Å²) in [5.74, 6) is 0.113. The maximum atomic E-state index is 13.2. The number of aromatic nitrogens is 1. The first-order valence-corrected chi connectivity index (χ1v) is 11.4. The lowest BCUT2D eigenvalue weighted by atomic mass is 10.1. The minimum absolute atomic E-state index is 0.113. The van der Waals surface area contributed by atoms with E-state index in [0.29, 0.717) is 26.2 Å². The Morgan fingerprint density at radius 1 is 0.879 bits per heavy atom. The normalized spacial score (nSPS) is 11.0. The van der Waals surface area contributed by atoms with Crippen LogP contribution in [0.25, 0.3) is 10.9 Å². The van der Waals surface area contributed by atoms with Crippen molar-refractivity contribution in [3.63, 3.8) is 0 Å². The average Bonchev–Trinajstić information content (AvgIpc) is 3.26. The van der Waals surface area contributed by atoms with E-state index in [4.69, 9.17) is 0 Å². The molecule has 0 aliphatic carbocycles. The Hall–Kier alpha value is -3.57. The van der Waals surface area contributed by atoms with Gasteiger partial charge in [-0.15, -0.1) is 0 Å². The standard InChI is InChI=1S/C28H32N4O/c1-31(2)25-14-12-23(13-15-25)21-32(28(33)20-29-18-22-8-4-3-5-9-22)17-16-24-19-30-27-11-7-6-10-26(24)27/h3-15,19,29-30H,16-18,20-21H2,1-2H3. The van der Waals surface area contributed by atoms with E-state index < -0.39 is 0 Å². The zero-order valence-corrected chi connectivity index (χ0v) is 19.4. The molecule has 0 saturated heterocycles. The number of nitrogens with zero attached hydrogens (tertiary/aromatic N) is 2. The summed E-state index contributed by atoms with van der Waals surface area (Å²) in [5, 5.41) is 4.53. The van der Waals surface area contributed by atoms with E-state index in [1.165, 1.54) is 16.5 Å². The van der Waals surface area contributed by atoms with E-state index in [9.17, 15) is 4.79 Å². The minimum Gasteiger partial charge on any atom is -0.378 e. The van der Waals surface area contributed by atoms with Gasteiger partial charge in [-0.3, -0.25) is 4.79 Å². The number of amides is 1. The number of hydrogen-bond acceptors (Lipinski definition) is 3. The lowest BCUT2D eigenvalue weighted by Crippen LogP contribution is -2.38. The molecule has 170 valence electrons. The first kappa shape index (κ1) is 22.6. The number of anilines is 1. The van der Waals surface area contributed by atoms with Gasteiger partial charge in [0.2, 0.25) is 5.91 Å². The second kappa shape index (κ2) is 10.8. The lowest BCUT2D eigenvalue weighted by molar-refractivity contribution is -0.130. The van der Waals surface area contributed by atoms with Crippen LogP contribution in [-0.2, 0) is 24.3 Å². The fourth-order valence-corrected chi connectivity index (χ4v) is 4.03. The SMILES string of the molecule is CN(C)c1ccc(CN(CCc2c[nH]c3ccccc23)C(=O)CNCc2ccccc2)cc1. The van der Waals surface area contributed by atoms with Crippen LogP contribution in [0.1, 0.15) is 16.7 Å². The van der Waals surface area contributed by atoms with Gasteiger partial charge in [0.1, 0.15) is 0 Å². The summed E-state index contributed by atoms with van der Waals surface area (Å²) < 4.78 is 0. The predicted molar refractivity (Wildman–Crippen MR) is 136 cm³/mol. The third-order valence-corrected chi connectivity index (χ3v) is 5.95. The van der Waals surface area contributed by atoms with E-state index >= 15 is 0 Å². The van der Waals surface area contributed by atoms with Gasteiger partial charge in [-0.2, -0.15) is 0 Å². The summed E-state index contributed by atoms with van der Waals surface area (Å²) in [5.41, 5.74) is 5.84. The maximum Gasteiger partial charge on any atom is 0.236 e. The number of aromatic amines is 1. The lowest BCUT2D eigenvalue weighted by Gasteiger charge is -2.24.